The van der Waals surface area contributed by atoms with E-state index in [1.54, 1.807) is 11.8 Å². The topological polar surface area (TPSA) is 68.0 Å². The highest BCUT2D eigenvalue weighted by molar-refractivity contribution is 7.98. The van der Waals surface area contributed by atoms with Crippen LogP contribution in [0, 0.1) is 0 Å². The fourth-order valence-corrected chi connectivity index (χ4v) is 2.22. The predicted octanol–water partition coefficient (Wildman–Crippen LogP) is 3.01. The van der Waals surface area contributed by atoms with Crippen LogP contribution in [0.2, 0.25) is 0 Å². The number of amides is 1. The van der Waals surface area contributed by atoms with E-state index >= 15 is 0 Å². The van der Waals surface area contributed by atoms with Crippen molar-refractivity contribution in [2.75, 3.05) is 17.3 Å². The van der Waals surface area contributed by atoms with Gasteiger partial charge in [0.2, 0.25) is 5.91 Å². The number of thioether (sulfide) groups is 1. The Bertz CT molecular complexity index is 613. The Kier molecular flexibility index (Phi) is 4.06. The third kappa shape index (κ3) is 3.48. The zero-order valence-corrected chi connectivity index (χ0v) is 11.6. The average Bonchev–Trinajstić information content (AvgIpc) is 2.37. The van der Waals surface area contributed by atoms with E-state index in [-0.39, 0.29) is 5.91 Å². The molecule has 98 valence electrons. The minimum absolute atomic E-state index is 0.0949. The van der Waals surface area contributed by atoms with Crippen molar-refractivity contribution in [3.8, 4) is 11.3 Å². The van der Waals surface area contributed by atoms with Crippen molar-refractivity contribution in [3.63, 3.8) is 0 Å². The van der Waals surface area contributed by atoms with Gasteiger partial charge in [0.05, 0.1) is 5.69 Å². The number of anilines is 2. The Hall–Kier alpha value is -2.01. The molecule has 1 aromatic carbocycles. The lowest BCUT2D eigenvalue weighted by molar-refractivity contribution is -0.114. The van der Waals surface area contributed by atoms with Crippen molar-refractivity contribution in [2.45, 2.75) is 11.8 Å². The van der Waals surface area contributed by atoms with Crippen molar-refractivity contribution in [1.82, 2.24) is 4.98 Å². The molecule has 5 heteroatoms. The minimum Gasteiger partial charge on any atom is -0.384 e. The van der Waals surface area contributed by atoms with Crippen LogP contribution in [0.4, 0.5) is 11.5 Å². The molecule has 0 aliphatic rings. The molecule has 0 spiro atoms. The van der Waals surface area contributed by atoms with Crippen molar-refractivity contribution >= 4 is 29.2 Å². The number of carbonyl (C=O) groups is 1. The molecule has 3 N–H and O–H groups in total. The third-order valence-corrected chi connectivity index (χ3v) is 3.24. The summed E-state index contributed by atoms with van der Waals surface area (Å²) in [6.45, 7) is 1.48. The molecule has 2 rings (SSSR count). The SMILES string of the molecule is CSc1cc(N)nc(-c2cccc(NC(C)=O)c2)c1. The van der Waals surface area contributed by atoms with Gasteiger partial charge < -0.3 is 11.1 Å². The van der Waals surface area contributed by atoms with Crippen LogP contribution in [0.15, 0.2) is 41.3 Å². The second-order valence-electron chi connectivity index (χ2n) is 4.08. The van der Waals surface area contributed by atoms with E-state index in [0.29, 0.717) is 5.82 Å². The van der Waals surface area contributed by atoms with Crippen LogP contribution in [0.3, 0.4) is 0 Å². The molecule has 4 nitrogen and oxygen atoms in total. The first-order valence-electron chi connectivity index (χ1n) is 5.78. The number of aromatic nitrogens is 1. The first kappa shape index (κ1) is 13.4. The summed E-state index contributed by atoms with van der Waals surface area (Å²) in [5, 5.41) is 2.75. The summed E-state index contributed by atoms with van der Waals surface area (Å²) in [6, 6.07) is 11.4. The summed E-state index contributed by atoms with van der Waals surface area (Å²) in [5.41, 5.74) is 8.27. The summed E-state index contributed by atoms with van der Waals surface area (Å²) in [5.74, 6) is 0.397. The number of nitrogens with zero attached hydrogens (tertiary/aromatic N) is 1. The first-order chi connectivity index (χ1) is 9.08. The Labute approximate surface area is 116 Å². The molecular weight excluding hydrogens is 258 g/mol. The molecule has 1 aromatic heterocycles. The normalized spacial score (nSPS) is 10.2. The lowest BCUT2D eigenvalue weighted by Crippen LogP contribution is -2.05. The molecule has 0 aliphatic heterocycles. The molecular formula is C14H15N3OS. The number of hydrogen-bond donors (Lipinski definition) is 2. The molecule has 0 atom stereocenters. The van der Waals surface area contributed by atoms with Gasteiger partial charge in [0.15, 0.2) is 0 Å². The number of benzene rings is 1. The number of pyridine rings is 1. The summed E-state index contributed by atoms with van der Waals surface area (Å²) < 4.78 is 0. The molecule has 0 radical (unpaired) electrons. The molecule has 1 heterocycles. The second kappa shape index (κ2) is 5.75. The van der Waals surface area contributed by atoms with Gasteiger partial charge in [-0.05, 0) is 30.5 Å². The summed E-state index contributed by atoms with van der Waals surface area (Å²) in [7, 11) is 0. The van der Waals surface area contributed by atoms with Crippen molar-refractivity contribution < 1.29 is 4.79 Å². The van der Waals surface area contributed by atoms with Gasteiger partial charge in [-0.3, -0.25) is 4.79 Å². The Morgan fingerprint density at radius 2 is 2.11 bits per heavy atom. The van der Waals surface area contributed by atoms with Crippen LogP contribution in [0.5, 0.6) is 0 Å². The highest BCUT2D eigenvalue weighted by Crippen LogP contribution is 2.26. The highest BCUT2D eigenvalue weighted by Gasteiger charge is 2.05. The van der Waals surface area contributed by atoms with Gasteiger partial charge in [0, 0.05) is 23.1 Å². The fraction of sp³-hybridized carbons (Fsp3) is 0.143. The molecule has 0 aliphatic carbocycles. The number of nitrogens with one attached hydrogen (secondary N) is 1. The first-order valence-corrected chi connectivity index (χ1v) is 7.00. The lowest BCUT2D eigenvalue weighted by Gasteiger charge is -2.07. The molecule has 0 saturated carbocycles. The number of hydrogen-bond acceptors (Lipinski definition) is 4. The van der Waals surface area contributed by atoms with Crippen LogP contribution >= 0.6 is 11.8 Å². The lowest BCUT2D eigenvalue weighted by atomic mass is 10.1. The monoisotopic (exact) mass is 273 g/mol. The second-order valence-corrected chi connectivity index (χ2v) is 4.96. The van der Waals surface area contributed by atoms with Crippen molar-refractivity contribution in [2.24, 2.45) is 0 Å². The fourth-order valence-electron chi connectivity index (χ4n) is 1.75. The molecule has 19 heavy (non-hydrogen) atoms. The van der Waals surface area contributed by atoms with E-state index in [2.05, 4.69) is 10.3 Å². The Balaban J connectivity index is 2.41. The van der Waals surface area contributed by atoms with Crippen LogP contribution < -0.4 is 11.1 Å². The van der Waals surface area contributed by atoms with Crippen LogP contribution in [0.25, 0.3) is 11.3 Å². The summed E-state index contributed by atoms with van der Waals surface area (Å²) >= 11 is 1.62. The Morgan fingerprint density at radius 1 is 1.32 bits per heavy atom. The van der Waals surface area contributed by atoms with Crippen molar-refractivity contribution in [1.29, 1.82) is 0 Å². The maximum atomic E-state index is 11.1. The highest BCUT2D eigenvalue weighted by atomic mass is 32.2. The predicted molar refractivity (Wildman–Crippen MR) is 80.2 cm³/mol. The van der Waals surface area contributed by atoms with Crippen LogP contribution in [0.1, 0.15) is 6.92 Å². The van der Waals surface area contributed by atoms with E-state index < -0.39 is 0 Å². The van der Waals surface area contributed by atoms with Gasteiger partial charge in [0.25, 0.3) is 0 Å². The average molecular weight is 273 g/mol. The number of carbonyl (C=O) groups excluding carboxylic acids is 1. The molecule has 2 aromatic rings. The zero-order valence-electron chi connectivity index (χ0n) is 10.8. The number of rotatable bonds is 3. The Morgan fingerprint density at radius 3 is 2.79 bits per heavy atom. The number of nitrogen functional groups attached to an aromatic ring is 1. The quantitative estimate of drug-likeness (QED) is 0.843. The zero-order chi connectivity index (χ0) is 13.8. The van der Waals surface area contributed by atoms with Gasteiger partial charge in [-0.25, -0.2) is 4.98 Å². The molecule has 0 bridgehead atoms. The van der Waals surface area contributed by atoms with E-state index in [0.717, 1.165) is 21.8 Å². The van der Waals surface area contributed by atoms with Gasteiger partial charge in [-0.15, -0.1) is 11.8 Å². The number of nitrogens with two attached hydrogens (primary N) is 1. The van der Waals surface area contributed by atoms with E-state index in [4.69, 9.17) is 5.73 Å². The molecule has 0 fully saturated rings. The maximum absolute atomic E-state index is 11.1. The third-order valence-electron chi connectivity index (χ3n) is 2.53. The van der Waals surface area contributed by atoms with Gasteiger partial charge in [-0.2, -0.15) is 0 Å². The standard InChI is InChI=1S/C14H15N3OS/c1-9(18)16-11-5-3-4-10(6-11)13-7-12(19-2)8-14(15)17-13/h3-8H,1-2H3,(H2,15,17)(H,16,18). The summed E-state index contributed by atoms with van der Waals surface area (Å²) in [4.78, 5) is 16.5. The minimum atomic E-state index is -0.0949. The van der Waals surface area contributed by atoms with Crippen LogP contribution in [-0.4, -0.2) is 17.1 Å². The van der Waals surface area contributed by atoms with Gasteiger partial charge >= 0.3 is 0 Å². The van der Waals surface area contributed by atoms with Crippen LogP contribution in [-0.2, 0) is 4.79 Å². The smallest absolute Gasteiger partial charge is 0.221 e. The largest absolute Gasteiger partial charge is 0.384 e. The molecule has 0 unspecified atom stereocenters. The van der Waals surface area contributed by atoms with E-state index in [1.807, 2.05) is 42.7 Å². The maximum Gasteiger partial charge on any atom is 0.221 e. The molecule has 1 amide bonds. The summed E-state index contributed by atoms with van der Waals surface area (Å²) in [6.07, 6.45) is 1.99. The molecule has 0 saturated heterocycles. The van der Waals surface area contributed by atoms with Gasteiger partial charge in [-0.1, -0.05) is 12.1 Å². The van der Waals surface area contributed by atoms with Gasteiger partial charge in [0.1, 0.15) is 5.82 Å². The van der Waals surface area contributed by atoms with Crippen molar-refractivity contribution in [3.05, 3.63) is 36.4 Å². The van der Waals surface area contributed by atoms with E-state index in [1.165, 1.54) is 6.92 Å². The van der Waals surface area contributed by atoms with E-state index in [9.17, 15) is 4.79 Å².